The van der Waals surface area contributed by atoms with Crippen molar-refractivity contribution in [3.8, 4) is 0 Å². The van der Waals surface area contributed by atoms with Gasteiger partial charge in [0.25, 0.3) is 0 Å². The van der Waals surface area contributed by atoms with Gasteiger partial charge in [0.2, 0.25) is 0 Å². The molecule has 20 heavy (non-hydrogen) atoms. The van der Waals surface area contributed by atoms with Crippen molar-refractivity contribution in [2.24, 2.45) is 4.99 Å². The molecule has 0 bridgehead atoms. The molecule has 0 saturated heterocycles. The van der Waals surface area contributed by atoms with Crippen LogP contribution >= 0.6 is 39.9 Å². The summed E-state index contributed by atoms with van der Waals surface area (Å²) in [4.78, 5) is 4.41. The number of nitrogens with one attached hydrogen (secondary N) is 2. The first-order valence-corrected chi connectivity index (χ1v) is 7.51. The Morgan fingerprint density at radius 2 is 2.15 bits per heavy atom. The third kappa shape index (κ3) is 3.63. The second-order valence-electron chi connectivity index (χ2n) is 5.19. The van der Waals surface area contributed by atoms with Crippen LogP contribution in [-0.2, 0) is 0 Å². The lowest BCUT2D eigenvalue weighted by molar-refractivity contribution is 0.321. The number of halogens is 3. The van der Waals surface area contributed by atoms with E-state index in [1.807, 2.05) is 12.1 Å². The monoisotopic (exact) mass is 453 g/mol. The highest BCUT2D eigenvalue weighted by Gasteiger charge is 2.31. The molecule has 1 fully saturated rings. The standard InChI is InChI=1S/C14H17BrFN3.HI/c15-12-8-9(2-3-13(12)16)10-6-11(7-10)19-14-17-4-1-5-18-14;/h2-3,8,10-11H,1,4-7H2,(H2,17,18,19);1H. The minimum absolute atomic E-state index is 0. The van der Waals surface area contributed by atoms with Gasteiger partial charge in [-0.2, -0.15) is 0 Å². The first kappa shape index (κ1) is 16.0. The molecule has 0 spiro atoms. The third-order valence-corrected chi connectivity index (χ3v) is 4.40. The van der Waals surface area contributed by atoms with E-state index in [0.29, 0.717) is 16.4 Å². The quantitative estimate of drug-likeness (QED) is 0.673. The average molecular weight is 454 g/mol. The lowest BCUT2D eigenvalue weighted by Crippen LogP contribution is -2.50. The highest BCUT2D eigenvalue weighted by molar-refractivity contribution is 14.0. The maximum absolute atomic E-state index is 13.2. The van der Waals surface area contributed by atoms with E-state index in [2.05, 4.69) is 31.6 Å². The average Bonchev–Trinajstić information content (AvgIpc) is 2.38. The van der Waals surface area contributed by atoms with Crippen LogP contribution in [-0.4, -0.2) is 25.1 Å². The molecule has 1 aromatic rings. The smallest absolute Gasteiger partial charge is 0.191 e. The molecule has 1 heterocycles. The SMILES string of the molecule is Fc1ccc(C2CC(NC3=NCCCN3)C2)cc1Br.I. The molecule has 0 atom stereocenters. The van der Waals surface area contributed by atoms with Gasteiger partial charge in [-0.15, -0.1) is 24.0 Å². The Hall–Kier alpha value is -0.370. The normalized spacial score (nSPS) is 24.8. The summed E-state index contributed by atoms with van der Waals surface area (Å²) in [5, 5.41) is 6.71. The van der Waals surface area contributed by atoms with Crippen molar-refractivity contribution in [1.82, 2.24) is 10.6 Å². The molecular weight excluding hydrogens is 436 g/mol. The topological polar surface area (TPSA) is 36.4 Å². The fraction of sp³-hybridized carbons (Fsp3) is 0.500. The molecule has 1 saturated carbocycles. The van der Waals surface area contributed by atoms with Crippen LogP contribution < -0.4 is 10.6 Å². The van der Waals surface area contributed by atoms with Gasteiger partial charge in [-0.3, -0.25) is 4.99 Å². The molecule has 0 aromatic heterocycles. The zero-order chi connectivity index (χ0) is 13.2. The molecule has 2 aliphatic rings. The van der Waals surface area contributed by atoms with E-state index in [-0.39, 0.29) is 29.8 Å². The molecule has 3 nitrogen and oxygen atoms in total. The molecule has 110 valence electrons. The summed E-state index contributed by atoms with van der Waals surface area (Å²) < 4.78 is 13.7. The van der Waals surface area contributed by atoms with E-state index in [1.165, 1.54) is 11.6 Å². The summed E-state index contributed by atoms with van der Waals surface area (Å²) in [5.41, 5.74) is 1.21. The molecule has 1 aliphatic heterocycles. The van der Waals surface area contributed by atoms with Crippen molar-refractivity contribution in [1.29, 1.82) is 0 Å². The summed E-state index contributed by atoms with van der Waals surface area (Å²) in [6, 6.07) is 5.80. The van der Waals surface area contributed by atoms with Crippen molar-refractivity contribution < 1.29 is 4.39 Å². The van der Waals surface area contributed by atoms with Gasteiger partial charge < -0.3 is 10.6 Å². The highest BCUT2D eigenvalue weighted by atomic mass is 127. The molecule has 1 aromatic carbocycles. The number of hydrogen-bond acceptors (Lipinski definition) is 3. The van der Waals surface area contributed by atoms with Gasteiger partial charge in [0, 0.05) is 19.1 Å². The van der Waals surface area contributed by atoms with E-state index in [4.69, 9.17) is 0 Å². The van der Waals surface area contributed by atoms with Crippen LogP contribution in [0.5, 0.6) is 0 Å². The predicted molar refractivity (Wildman–Crippen MR) is 93.3 cm³/mol. The molecule has 0 radical (unpaired) electrons. The Bertz CT molecular complexity index is 503. The minimum atomic E-state index is -0.196. The number of nitrogens with zero attached hydrogens (tertiary/aromatic N) is 1. The van der Waals surface area contributed by atoms with Crippen LogP contribution in [0.2, 0.25) is 0 Å². The molecule has 6 heteroatoms. The summed E-state index contributed by atoms with van der Waals surface area (Å²) >= 11 is 3.24. The molecule has 3 rings (SSSR count). The number of hydrogen-bond donors (Lipinski definition) is 2. The van der Waals surface area contributed by atoms with Crippen LogP contribution in [0.15, 0.2) is 27.7 Å². The van der Waals surface area contributed by atoms with Crippen LogP contribution in [0.3, 0.4) is 0 Å². The summed E-state index contributed by atoms with van der Waals surface area (Å²) in [5.74, 6) is 1.27. The molecular formula is C14H18BrFIN3. The molecule has 0 unspecified atom stereocenters. The second-order valence-corrected chi connectivity index (χ2v) is 6.05. The van der Waals surface area contributed by atoms with Gasteiger partial charge in [-0.05, 0) is 58.8 Å². The summed E-state index contributed by atoms with van der Waals surface area (Å²) in [6.45, 7) is 1.92. The summed E-state index contributed by atoms with van der Waals surface area (Å²) in [6.07, 6.45) is 3.28. The van der Waals surface area contributed by atoms with Gasteiger partial charge in [0.1, 0.15) is 5.82 Å². The number of guanidine groups is 1. The van der Waals surface area contributed by atoms with Crippen molar-refractivity contribution in [2.75, 3.05) is 13.1 Å². The van der Waals surface area contributed by atoms with E-state index < -0.39 is 0 Å². The van der Waals surface area contributed by atoms with Crippen LogP contribution in [0.1, 0.15) is 30.7 Å². The van der Waals surface area contributed by atoms with Crippen molar-refractivity contribution in [2.45, 2.75) is 31.2 Å². The Labute approximate surface area is 144 Å². The lowest BCUT2D eigenvalue weighted by atomic mass is 9.76. The van der Waals surface area contributed by atoms with Gasteiger partial charge in [-0.1, -0.05) is 6.07 Å². The first-order valence-electron chi connectivity index (χ1n) is 6.72. The van der Waals surface area contributed by atoms with Crippen molar-refractivity contribution in [3.05, 3.63) is 34.1 Å². The van der Waals surface area contributed by atoms with E-state index >= 15 is 0 Å². The van der Waals surface area contributed by atoms with Crippen molar-refractivity contribution in [3.63, 3.8) is 0 Å². The van der Waals surface area contributed by atoms with E-state index in [0.717, 1.165) is 38.3 Å². The Morgan fingerprint density at radius 1 is 1.35 bits per heavy atom. The largest absolute Gasteiger partial charge is 0.356 e. The fourth-order valence-electron chi connectivity index (χ4n) is 2.60. The number of benzene rings is 1. The minimum Gasteiger partial charge on any atom is -0.356 e. The number of rotatable bonds is 2. The van der Waals surface area contributed by atoms with Crippen LogP contribution in [0.25, 0.3) is 0 Å². The van der Waals surface area contributed by atoms with Crippen LogP contribution in [0, 0.1) is 5.82 Å². The van der Waals surface area contributed by atoms with E-state index in [1.54, 1.807) is 0 Å². The maximum Gasteiger partial charge on any atom is 0.191 e. The Balaban J connectivity index is 0.00000147. The van der Waals surface area contributed by atoms with Gasteiger partial charge >= 0.3 is 0 Å². The zero-order valence-electron chi connectivity index (χ0n) is 11.0. The Morgan fingerprint density at radius 3 is 2.80 bits per heavy atom. The van der Waals surface area contributed by atoms with Gasteiger partial charge in [0.15, 0.2) is 5.96 Å². The third-order valence-electron chi connectivity index (χ3n) is 3.79. The maximum atomic E-state index is 13.2. The first-order chi connectivity index (χ1) is 9.22. The fourth-order valence-corrected chi connectivity index (χ4v) is 2.99. The molecule has 2 N–H and O–H groups in total. The lowest BCUT2D eigenvalue weighted by Gasteiger charge is -2.37. The summed E-state index contributed by atoms with van der Waals surface area (Å²) in [7, 11) is 0. The van der Waals surface area contributed by atoms with Gasteiger partial charge in [0.05, 0.1) is 4.47 Å². The molecule has 1 aliphatic carbocycles. The molecule has 0 amide bonds. The van der Waals surface area contributed by atoms with Crippen molar-refractivity contribution >= 4 is 45.9 Å². The van der Waals surface area contributed by atoms with Gasteiger partial charge in [-0.25, -0.2) is 4.39 Å². The Kier molecular flexibility index (Phi) is 5.65. The van der Waals surface area contributed by atoms with E-state index in [9.17, 15) is 4.39 Å². The van der Waals surface area contributed by atoms with Crippen LogP contribution in [0.4, 0.5) is 4.39 Å². The zero-order valence-corrected chi connectivity index (χ0v) is 15.0. The highest BCUT2D eigenvalue weighted by Crippen LogP contribution is 2.38. The predicted octanol–water partition coefficient (Wildman–Crippen LogP) is 3.39. The number of aliphatic imine (C=N–C) groups is 1. The second kappa shape index (κ2) is 7.06.